The molecule has 0 aromatic carbocycles. The maximum absolute atomic E-state index is 11.3. The van der Waals surface area contributed by atoms with Crippen LogP contribution in [0.25, 0.3) is 22.6 Å². The summed E-state index contributed by atoms with van der Waals surface area (Å²) in [6.07, 6.45) is 11.6. The summed E-state index contributed by atoms with van der Waals surface area (Å²) in [6, 6.07) is 3.06. The number of nitriles is 1. The Hall–Kier alpha value is -3.73. The first kappa shape index (κ1) is 30.1. The van der Waals surface area contributed by atoms with E-state index < -0.39 is 11.0 Å². The van der Waals surface area contributed by atoms with Crippen LogP contribution in [-0.4, -0.2) is 79.3 Å². The molecule has 1 saturated carbocycles. The van der Waals surface area contributed by atoms with E-state index in [1.807, 2.05) is 6.92 Å². The van der Waals surface area contributed by atoms with Crippen LogP contribution in [0.5, 0.6) is 5.88 Å². The molecule has 12 nitrogen and oxygen atoms in total. The molecule has 1 spiro atoms. The predicted octanol–water partition coefficient (Wildman–Crippen LogP) is 5.11. The van der Waals surface area contributed by atoms with Crippen LogP contribution < -0.4 is 15.4 Å². The van der Waals surface area contributed by atoms with E-state index in [0.717, 1.165) is 98.1 Å². The number of piperidine rings is 1. The summed E-state index contributed by atoms with van der Waals surface area (Å²) < 4.78 is 15.1. The Morgan fingerprint density at radius 1 is 1.08 bits per heavy atom. The number of nitrogens with two attached hydrogens (primary N) is 1. The second-order valence-electron chi connectivity index (χ2n) is 15.8. The highest BCUT2D eigenvalue weighted by Crippen LogP contribution is 2.55. The number of hydrogen-bond donors (Lipinski definition) is 2. The van der Waals surface area contributed by atoms with Gasteiger partial charge in [0.1, 0.15) is 28.9 Å². The molecule has 3 fully saturated rings. The standard InChI is InChI=1S/C36H43N9O3S/c1-35(46)14-10-20-17-47-34-25-32(44(20)18-35)39-31(40-33(25)45(41-34)23-8-3-6-19-11-15-43(2)28(19)23)27-21-7-4-12-36(29(21)48-42-27)13-5-9-24-26(36)22(16-37)30(38)49-24/h19-20,23,28,46H,3-15,17-18,38H2,1-2H3/t19-,20+,23-,28-,35+,36-/m0/s1. The van der Waals surface area contributed by atoms with Gasteiger partial charge in [-0.3, -0.25) is 0 Å². The summed E-state index contributed by atoms with van der Waals surface area (Å²) in [5, 5.41) is 32.9. The highest BCUT2D eigenvalue weighted by molar-refractivity contribution is 7.16. The highest BCUT2D eigenvalue weighted by atomic mass is 32.1. The number of aliphatic hydroxyl groups is 1. The van der Waals surface area contributed by atoms with Gasteiger partial charge in [0.2, 0.25) is 5.88 Å². The molecule has 10 rings (SSSR count). The lowest BCUT2D eigenvalue weighted by molar-refractivity contribution is 0.0321. The van der Waals surface area contributed by atoms with Crippen LogP contribution in [0.1, 0.15) is 105 Å². The minimum Gasteiger partial charge on any atom is -0.474 e. The summed E-state index contributed by atoms with van der Waals surface area (Å²) in [7, 11) is 2.24. The second kappa shape index (κ2) is 10.6. The van der Waals surface area contributed by atoms with E-state index in [-0.39, 0.29) is 12.1 Å². The van der Waals surface area contributed by atoms with Crippen molar-refractivity contribution in [3.8, 4) is 23.5 Å². The summed E-state index contributed by atoms with van der Waals surface area (Å²) in [5.41, 5.74) is 9.27. The van der Waals surface area contributed by atoms with Gasteiger partial charge < -0.3 is 29.9 Å². The maximum Gasteiger partial charge on any atom is 0.246 e. The third kappa shape index (κ3) is 4.26. The fourth-order valence-electron chi connectivity index (χ4n) is 10.7. The molecule has 2 saturated heterocycles. The zero-order valence-electron chi connectivity index (χ0n) is 28.2. The van der Waals surface area contributed by atoms with Crippen LogP contribution >= 0.6 is 11.3 Å². The lowest BCUT2D eigenvalue weighted by atomic mass is 9.63. The molecule has 4 aromatic heterocycles. The first-order valence-electron chi connectivity index (χ1n) is 18.2. The van der Waals surface area contributed by atoms with Gasteiger partial charge in [-0.05, 0) is 103 Å². The molecule has 0 unspecified atom stereocenters. The van der Waals surface area contributed by atoms with E-state index in [9.17, 15) is 10.4 Å². The van der Waals surface area contributed by atoms with E-state index in [1.165, 1.54) is 17.7 Å². The Labute approximate surface area is 289 Å². The summed E-state index contributed by atoms with van der Waals surface area (Å²) >= 11 is 1.55. The minimum absolute atomic E-state index is 0.0671. The topological polar surface area (TPSA) is 155 Å². The number of aryl methyl sites for hydroxylation is 1. The molecule has 3 N–H and O–H groups in total. The van der Waals surface area contributed by atoms with Crippen molar-refractivity contribution in [2.75, 3.05) is 37.4 Å². The Kier molecular flexibility index (Phi) is 6.54. The molecule has 13 heteroatoms. The van der Waals surface area contributed by atoms with E-state index in [4.69, 9.17) is 35.2 Å². The number of thiophene rings is 1. The van der Waals surface area contributed by atoms with Crippen LogP contribution in [0.15, 0.2) is 4.52 Å². The monoisotopic (exact) mass is 681 g/mol. The SMILES string of the molecule is CN1CC[C@@H]2CCC[C@H](n3nc4c5c(nc(-c6noc7c6CCC[C@@]76CCCc7sc(N)c(C#N)c76)nc53)N3C[C@](C)(O)CC[C@@H]3CO4)[C@H]21. The first-order chi connectivity index (χ1) is 23.8. The number of nitrogen functional groups attached to an aromatic ring is 1. The number of aromatic nitrogens is 5. The van der Waals surface area contributed by atoms with E-state index >= 15 is 0 Å². The van der Waals surface area contributed by atoms with Crippen molar-refractivity contribution >= 4 is 33.2 Å². The molecule has 0 amide bonds. The van der Waals surface area contributed by atoms with Gasteiger partial charge in [0.25, 0.3) is 0 Å². The lowest BCUT2D eigenvalue weighted by Gasteiger charge is -2.42. The van der Waals surface area contributed by atoms with Gasteiger partial charge in [0.15, 0.2) is 22.9 Å². The fourth-order valence-corrected chi connectivity index (χ4v) is 11.8. The quantitative estimate of drug-likeness (QED) is 0.290. The molecule has 0 bridgehead atoms. The minimum atomic E-state index is -0.851. The van der Waals surface area contributed by atoms with Crippen LogP contribution in [0.3, 0.4) is 0 Å². The van der Waals surface area contributed by atoms with Gasteiger partial charge in [-0.1, -0.05) is 11.6 Å². The molecule has 256 valence electrons. The highest BCUT2D eigenvalue weighted by Gasteiger charge is 2.50. The van der Waals surface area contributed by atoms with E-state index in [2.05, 4.69) is 27.6 Å². The molecule has 3 aliphatic heterocycles. The number of anilines is 2. The van der Waals surface area contributed by atoms with Crippen molar-refractivity contribution in [3.05, 3.63) is 27.3 Å². The number of likely N-dealkylation sites (N-methyl/N-ethyl adjacent to an activating group) is 1. The molecule has 7 heterocycles. The molecular formula is C36H43N9O3S. The van der Waals surface area contributed by atoms with Gasteiger partial charge in [-0.2, -0.15) is 5.26 Å². The fraction of sp³-hybridized carbons (Fsp3) is 0.639. The molecule has 6 aliphatic rings. The summed E-state index contributed by atoms with van der Waals surface area (Å²) in [5.74, 6) is 3.36. The molecule has 0 radical (unpaired) electrons. The lowest BCUT2D eigenvalue weighted by Crippen LogP contribution is -2.53. The summed E-state index contributed by atoms with van der Waals surface area (Å²) in [6.45, 7) is 3.95. The van der Waals surface area contributed by atoms with Crippen LogP contribution in [0.4, 0.5) is 10.8 Å². The van der Waals surface area contributed by atoms with Crippen molar-refractivity contribution in [1.29, 1.82) is 5.26 Å². The number of fused-ring (bicyclic) bond motifs is 7. The van der Waals surface area contributed by atoms with Gasteiger partial charge in [0, 0.05) is 23.0 Å². The molecule has 6 atom stereocenters. The molecule has 49 heavy (non-hydrogen) atoms. The normalized spacial score (nSPS) is 32.2. The van der Waals surface area contributed by atoms with Crippen molar-refractivity contribution < 1.29 is 14.4 Å². The third-order valence-electron chi connectivity index (χ3n) is 12.9. The zero-order valence-corrected chi connectivity index (χ0v) is 29.1. The summed E-state index contributed by atoms with van der Waals surface area (Å²) in [4.78, 5) is 16.6. The van der Waals surface area contributed by atoms with Gasteiger partial charge in [0.05, 0.1) is 28.7 Å². The van der Waals surface area contributed by atoms with E-state index in [1.54, 1.807) is 11.3 Å². The van der Waals surface area contributed by atoms with Gasteiger partial charge in [-0.25, -0.2) is 14.6 Å². The zero-order chi connectivity index (χ0) is 33.2. The van der Waals surface area contributed by atoms with Crippen molar-refractivity contribution in [1.82, 2.24) is 29.8 Å². The van der Waals surface area contributed by atoms with Gasteiger partial charge in [-0.15, -0.1) is 16.4 Å². The van der Waals surface area contributed by atoms with Crippen LogP contribution in [0, 0.1) is 17.2 Å². The molecular weight excluding hydrogens is 639 g/mol. The predicted molar refractivity (Wildman–Crippen MR) is 185 cm³/mol. The Balaban J connectivity index is 1.18. The van der Waals surface area contributed by atoms with E-state index in [0.29, 0.717) is 59.5 Å². The average molecular weight is 682 g/mol. The second-order valence-corrected chi connectivity index (χ2v) is 17.0. The number of nitrogens with zero attached hydrogens (tertiary/aromatic N) is 8. The molecule has 3 aliphatic carbocycles. The number of rotatable bonds is 2. The molecule has 4 aromatic rings. The van der Waals surface area contributed by atoms with Crippen LogP contribution in [-0.2, 0) is 18.3 Å². The average Bonchev–Trinajstić information content (AvgIpc) is 3.85. The number of ether oxygens (including phenoxy) is 1. The maximum atomic E-state index is 11.3. The Morgan fingerprint density at radius 3 is 2.80 bits per heavy atom. The van der Waals surface area contributed by atoms with Crippen molar-refractivity contribution in [2.24, 2.45) is 5.92 Å². The van der Waals surface area contributed by atoms with Crippen molar-refractivity contribution in [2.45, 2.75) is 113 Å². The first-order valence-corrected chi connectivity index (χ1v) is 19.0. The largest absolute Gasteiger partial charge is 0.474 e. The Bertz CT molecular complexity index is 2040. The Morgan fingerprint density at radius 2 is 1.94 bits per heavy atom. The number of likely N-dealkylation sites (tertiary alicyclic amines) is 1. The number of hydrogen-bond acceptors (Lipinski definition) is 12. The van der Waals surface area contributed by atoms with Gasteiger partial charge >= 0.3 is 0 Å². The van der Waals surface area contributed by atoms with Crippen molar-refractivity contribution in [3.63, 3.8) is 0 Å². The smallest absolute Gasteiger partial charge is 0.246 e. The third-order valence-corrected chi connectivity index (χ3v) is 13.9. The van der Waals surface area contributed by atoms with Crippen LogP contribution in [0.2, 0.25) is 0 Å².